The molecule has 0 aliphatic rings. The van der Waals surface area contributed by atoms with Crippen LogP contribution in [0.25, 0.3) is 0 Å². The fraction of sp³-hybridized carbons (Fsp3) is 0.400. The average Bonchev–Trinajstić information content (AvgIpc) is 2.17. The Morgan fingerprint density at radius 1 is 1.62 bits per heavy atom. The van der Waals surface area contributed by atoms with Gasteiger partial charge in [0.2, 0.25) is 0 Å². The van der Waals surface area contributed by atoms with E-state index < -0.39 is 6.04 Å². The summed E-state index contributed by atoms with van der Waals surface area (Å²) in [5, 5.41) is 0. The summed E-state index contributed by atoms with van der Waals surface area (Å²) in [6, 6.07) is 3.18. The number of carbonyl (C=O) groups excluding carboxylic acids is 1. The van der Waals surface area contributed by atoms with Crippen molar-refractivity contribution in [3.05, 3.63) is 29.6 Å². The van der Waals surface area contributed by atoms with Crippen molar-refractivity contribution < 1.29 is 4.79 Å². The number of aromatic nitrogens is 1. The van der Waals surface area contributed by atoms with Gasteiger partial charge in [0.15, 0.2) is 5.78 Å². The van der Waals surface area contributed by atoms with Gasteiger partial charge in [0.05, 0.1) is 6.04 Å². The molecule has 0 fully saturated rings. The quantitative estimate of drug-likeness (QED) is 0.707. The van der Waals surface area contributed by atoms with Crippen LogP contribution in [0.1, 0.15) is 29.9 Å². The second-order valence-electron chi connectivity index (χ2n) is 3.04. The van der Waals surface area contributed by atoms with Crippen LogP contribution in [-0.2, 0) is 6.42 Å². The first-order valence-electron chi connectivity index (χ1n) is 4.40. The van der Waals surface area contributed by atoms with Crippen molar-refractivity contribution in [1.29, 1.82) is 0 Å². The summed E-state index contributed by atoms with van der Waals surface area (Å²) in [6.45, 7) is 3.70. The normalized spacial score (nSPS) is 12.5. The molecule has 3 nitrogen and oxygen atoms in total. The number of Topliss-reactive ketones (excluding diaryl/α,β-unsaturated/α-hetero) is 1. The predicted octanol–water partition coefficient (Wildman–Crippen LogP) is 1.17. The maximum Gasteiger partial charge on any atom is 0.180 e. The van der Waals surface area contributed by atoms with Crippen LogP contribution in [-0.4, -0.2) is 16.8 Å². The van der Waals surface area contributed by atoms with E-state index in [2.05, 4.69) is 4.98 Å². The van der Waals surface area contributed by atoms with Crippen LogP contribution in [0.4, 0.5) is 0 Å². The molecule has 0 radical (unpaired) electrons. The van der Waals surface area contributed by atoms with E-state index in [9.17, 15) is 4.79 Å². The van der Waals surface area contributed by atoms with Gasteiger partial charge in [0, 0.05) is 17.5 Å². The van der Waals surface area contributed by atoms with Crippen molar-refractivity contribution in [1.82, 2.24) is 4.98 Å². The first-order chi connectivity index (χ1) is 6.15. The molecule has 13 heavy (non-hydrogen) atoms. The molecule has 3 heteroatoms. The Balaban J connectivity index is 2.86. The van der Waals surface area contributed by atoms with Crippen LogP contribution in [0, 0.1) is 0 Å². The molecule has 0 amide bonds. The molecule has 2 N–H and O–H groups in total. The minimum absolute atomic E-state index is 0.0600. The fourth-order valence-corrected chi connectivity index (χ4v) is 1.04. The van der Waals surface area contributed by atoms with Crippen molar-refractivity contribution in [3.63, 3.8) is 0 Å². The number of hydrogen-bond acceptors (Lipinski definition) is 3. The molecule has 0 aliphatic carbocycles. The lowest BCUT2D eigenvalue weighted by molar-refractivity contribution is 0.0967. The van der Waals surface area contributed by atoms with Gasteiger partial charge in [-0.15, -0.1) is 0 Å². The molecule has 1 aromatic rings. The Kier molecular flexibility index (Phi) is 3.14. The first kappa shape index (κ1) is 9.86. The molecule has 1 unspecified atom stereocenters. The van der Waals surface area contributed by atoms with Gasteiger partial charge in [-0.25, -0.2) is 0 Å². The topological polar surface area (TPSA) is 56.0 Å². The standard InChI is InChI=1S/C10H14N2O/c1-3-9-5-4-8(6-12-9)10(13)7(2)11/h4-7H,3,11H2,1-2H3. The van der Waals surface area contributed by atoms with Crippen molar-refractivity contribution in [2.45, 2.75) is 26.3 Å². The lowest BCUT2D eigenvalue weighted by Crippen LogP contribution is -2.26. The van der Waals surface area contributed by atoms with E-state index >= 15 is 0 Å². The summed E-state index contributed by atoms with van der Waals surface area (Å²) in [7, 11) is 0. The van der Waals surface area contributed by atoms with Crippen LogP contribution in [0.15, 0.2) is 18.3 Å². The van der Waals surface area contributed by atoms with Gasteiger partial charge in [0.25, 0.3) is 0 Å². The van der Waals surface area contributed by atoms with E-state index in [0.29, 0.717) is 5.56 Å². The van der Waals surface area contributed by atoms with Crippen LogP contribution in [0.3, 0.4) is 0 Å². The van der Waals surface area contributed by atoms with Crippen molar-refractivity contribution >= 4 is 5.78 Å². The Hall–Kier alpha value is -1.22. The fourth-order valence-electron chi connectivity index (χ4n) is 1.04. The van der Waals surface area contributed by atoms with Crippen LogP contribution in [0.5, 0.6) is 0 Å². The number of hydrogen-bond donors (Lipinski definition) is 1. The molecule has 0 saturated carbocycles. The zero-order chi connectivity index (χ0) is 9.84. The van der Waals surface area contributed by atoms with Crippen molar-refractivity contribution in [2.75, 3.05) is 0 Å². The lowest BCUT2D eigenvalue weighted by Gasteiger charge is -2.03. The summed E-state index contributed by atoms with van der Waals surface area (Å²) < 4.78 is 0. The van der Waals surface area contributed by atoms with E-state index in [1.165, 1.54) is 0 Å². The van der Waals surface area contributed by atoms with E-state index in [0.717, 1.165) is 12.1 Å². The van der Waals surface area contributed by atoms with Gasteiger partial charge in [-0.2, -0.15) is 0 Å². The third kappa shape index (κ3) is 2.36. The van der Waals surface area contributed by atoms with Crippen molar-refractivity contribution in [2.24, 2.45) is 5.73 Å². The highest BCUT2D eigenvalue weighted by Crippen LogP contribution is 2.03. The second kappa shape index (κ2) is 4.14. The number of carbonyl (C=O) groups is 1. The Morgan fingerprint density at radius 2 is 2.31 bits per heavy atom. The SMILES string of the molecule is CCc1ccc(C(=O)C(C)N)cn1. The monoisotopic (exact) mass is 178 g/mol. The molecule has 0 aliphatic heterocycles. The summed E-state index contributed by atoms with van der Waals surface area (Å²) >= 11 is 0. The maximum absolute atomic E-state index is 11.4. The number of ketones is 1. The molecule has 1 aromatic heterocycles. The largest absolute Gasteiger partial charge is 0.321 e. The van der Waals surface area contributed by atoms with E-state index in [-0.39, 0.29) is 5.78 Å². The third-order valence-corrected chi connectivity index (χ3v) is 1.89. The molecule has 1 atom stereocenters. The van der Waals surface area contributed by atoms with E-state index in [1.54, 1.807) is 19.2 Å². The lowest BCUT2D eigenvalue weighted by atomic mass is 10.1. The van der Waals surface area contributed by atoms with E-state index in [4.69, 9.17) is 5.73 Å². The highest BCUT2D eigenvalue weighted by atomic mass is 16.1. The molecule has 0 bridgehead atoms. The van der Waals surface area contributed by atoms with Gasteiger partial charge in [-0.1, -0.05) is 6.92 Å². The number of rotatable bonds is 3. The van der Waals surface area contributed by atoms with Crippen LogP contribution < -0.4 is 5.73 Å². The highest BCUT2D eigenvalue weighted by Gasteiger charge is 2.10. The van der Waals surface area contributed by atoms with E-state index in [1.807, 2.05) is 13.0 Å². The Morgan fingerprint density at radius 3 is 2.69 bits per heavy atom. The Bertz CT molecular complexity index is 290. The molecule has 0 aromatic carbocycles. The summed E-state index contributed by atoms with van der Waals surface area (Å²) in [5.74, 6) is -0.0600. The van der Waals surface area contributed by atoms with Gasteiger partial charge in [-0.05, 0) is 25.5 Å². The highest BCUT2D eigenvalue weighted by molar-refractivity contribution is 5.99. The number of pyridine rings is 1. The summed E-state index contributed by atoms with van der Waals surface area (Å²) in [5.41, 5.74) is 7.04. The minimum atomic E-state index is -0.450. The van der Waals surface area contributed by atoms with Gasteiger partial charge < -0.3 is 5.73 Å². The molecule has 1 rings (SSSR count). The second-order valence-corrected chi connectivity index (χ2v) is 3.04. The van der Waals surface area contributed by atoms with Crippen molar-refractivity contribution in [3.8, 4) is 0 Å². The number of nitrogens with zero attached hydrogens (tertiary/aromatic N) is 1. The number of aryl methyl sites for hydroxylation is 1. The van der Waals surface area contributed by atoms with Gasteiger partial charge >= 0.3 is 0 Å². The molecule has 0 spiro atoms. The van der Waals surface area contributed by atoms with Crippen LogP contribution >= 0.6 is 0 Å². The Labute approximate surface area is 78.0 Å². The zero-order valence-electron chi connectivity index (χ0n) is 7.95. The first-order valence-corrected chi connectivity index (χ1v) is 4.40. The van der Waals surface area contributed by atoms with Gasteiger partial charge in [0.1, 0.15) is 0 Å². The zero-order valence-corrected chi connectivity index (χ0v) is 7.95. The third-order valence-electron chi connectivity index (χ3n) is 1.89. The maximum atomic E-state index is 11.4. The minimum Gasteiger partial charge on any atom is -0.321 e. The summed E-state index contributed by atoms with van der Waals surface area (Å²) in [6.07, 6.45) is 2.47. The molecular formula is C10H14N2O. The summed E-state index contributed by atoms with van der Waals surface area (Å²) in [4.78, 5) is 15.5. The molecule has 0 saturated heterocycles. The molecule has 70 valence electrons. The smallest absolute Gasteiger partial charge is 0.180 e. The predicted molar refractivity (Wildman–Crippen MR) is 51.6 cm³/mol. The molecular weight excluding hydrogens is 164 g/mol. The van der Waals surface area contributed by atoms with Crippen LogP contribution in [0.2, 0.25) is 0 Å². The number of nitrogens with two attached hydrogens (primary N) is 1. The van der Waals surface area contributed by atoms with Gasteiger partial charge in [-0.3, -0.25) is 9.78 Å². The average molecular weight is 178 g/mol. The molecule has 1 heterocycles.